The SMILES string of the molecule is C1=c2c(ccc3c2=C(c2ccccc2)Cc2ccccc2-3)C(Cc2ccccc2)CC1.CCOC(=O)c1ccncc1. The Morgan fingerprint density at radius 1 is 0.810 bits per heavy atom. The molecule has 0 saturated heterocycles. The molecule has 0 N–H and O–H groups in total. The van der Waals surface area contributed by atoms with E-state index in [0.717, 1.165) is 19.3 Å². The van der Waals surface area contributed by atoms with Crippen LogP contribution in [0.5, 0.6) is 0 Å². The quantitative estimate of drug-likeness (QED) is 0.217. The fourth-order valence-corrected chi connectivity index (χ4v) is 6.26. The van der Waals surface area contributed by atoms with Gasteiger partial charge >= 0.3 is 5.97 Å². The molecule has 0 radical (unpaired) electrons. The number of fused-ring (bicyclic) bond motifs is 5. The molecule has 0 amide bonds. The Labute approximate surface area is 247 Å². The number of benzene rings is 4. The van der Waals surface area contributed by atoms with Gasteiger partial charge in [0, 0.05) is 12.4 Å². The van der Waals surface area contributed by atoms with Crippen molar-refractivity contribution < 1.29 is 9.53 Å². The zero-order valence-electron chi connectivity index (χ0n) is 24.0. The Balaban J connectivity index is 0.000000244. The standard InChI is InChI=1S/C31H26.C8H9NO2/c1-3-10-22(11-4-1)20-24-15-9-17-28-27(24)18-19-29-26-16-8-7-14-25(26)21-30(31(28)29)23-12-5-2-6-13-23;1-2-11-8(10)7-3-5-9-6-4-7/h1-8,10-14,16-19,24H,9,15,20-21H2;3-6H,2H2,1H3. The minimum absolute atomic E-state index is 0.296. The topological polar surface area (TPSA) is 39.2 Å². The predicted octanol–water partition coefficient (Wildman–Crippen LogP) is 7.27. The molecule has 5 aromatic rings. The lowest BCUT2D eigenvalue weighted by molar-refractivity contribution is 0.0526. The molecule has 42 heavy (non-hydrogen) atoms. The summed E-state index contributed by atoms with van der Waals surface area (Å²) in [5.41, 5.74) is 10.6. The summed E-state index contributed by atoms with van der Waals surface area (Å²) in [5, 5.41) is 2.96. The lowest BCUT2D eigenvalue weighted by Crippen LogP contribution is -2.38. The van der Waals surface area contributed by atoms with Crippen LogP contribution >= 0.6 is 0 Å². The zero-order valence-corrected chi connectivity index (χ0v) is 24.0. The third-order valence-corrected chi connectivity index (χ3v) is 8.20. The maximum absolute atomic E-state index is 11.0. The van der Waals surface area contributed by atoms with Gasteiger partial charge < -0.3 is 4.74 Å². The van der Waals surface area contributed by atoms with Crippen molar-refractivity contribution in [2.75, 3.05) is 6.61 Å². The van der Waals surface area contributed by atoms with E-state index in [-0.39, 0.29) is 5.97 Å². The van der Waals surface area contributed by atoms with Crippen molar-refractivity contribution in [2.24, 2.45) is 0 Å². The Bertz CT molecular complexity index is 1790. The molecule has 1 aromatic heterocycles. The summed E-state index contributed by atoms with van der Waals surface area (Å²) in [7, 11) is 0. The molecule has 3 nitrogen and oxygen atoms in total. The minimum atomic E-state index is -0.296. The normalized spacial score (nSPS) is 14.7. The van der Waals surface area contributed by atoms with Crippen molar-refractivity contribution in [1.29, 1.82) is 0 Å². The number of ether oxygens (including phenoxy) is 1. The maximum Gasteiger partial charge on any atom is 0.338 e. The molecule has 0 saturated carbocycles. The van der Waals surface area contributed by atoms with Crippen LogP contribution in [0, 0.1) is 0 Å². The third kappa shape index (κ3) is 5.82. The van der Waals surface area contributed by atoms with Crippen molar-refractivity contribution in [3.8, 4) is 11.1 Å². The highest BCUT2D eigenvalue weighted by atomic mass is 16.5. The van der Waals surface area contributed by atoms with E-state index >= 15 is 0 Å². The van der Waals surface area contributed by atoms with Gasteiger partial charge in [0.15, 0.2) is 0 Å². The average Bonchev–Trinajstić information content (AvgIpc) is 3.06. The van der Waals surface area contributed by atoms with Crippen LogP contribution in [0.1, 0.15) is 58.3 Å². The summed E-state index contributed by atoms with van der Waals surface area (Å²) in [6.45, 7) is 2.18. The molecule has 0 aliphatic heterocycles. The Hall–Kier alpha value is -4.76. The van der Waals surface area contributed by atoms with E-state index < -0.39 is 0 Å². The molecular formula is C39H35NO2. The summed E-state index contributed by atoms with van der Waals surface area (Å²) in [6, 6.07) is 39.0. The van der Waals surface area contributed by atoms with Crippen LogP contribution in [0.25, 0.3) is 22.8 Å². The number of nitrogens with zero attached hydrogens (tertiary/aromatic N) is 1. The fraction of sp³-hybridized carbons (Fsp3) is 0.179. The summed E-state index contributed by atoms with van der Waals surface area (Å²) >= 11 is 0. The second kappa shape index (κ2) is 12.8. The van der Waals surface area contributed by atoms with Gasteiger partial charge in [-0.25, -0.2) is 4.79 Å². The van der Waals surface area contributed by atoms with Crippen LogP contribution in [-0.2, 0) is 17.6 Å². The van der Waals surface area contributed by atoms with Gasteiger partial charge in [-0.05, 0) is 100 Å². The lowest BCUT2D eigenvalue weighted by atomic mass is 9.78. The van der Waals surface area contributed by atoms with Gasteiger partial charge in [0.05, 0.1) is 12.2 Å². The van der Waals surface area contributed by atoms with Crippen LogP contribution < -0.4 is 10.4 Å². The van der Waals surface area contributed by atoms with E-state index in [4.69, 9.17) is 4.74 Å². The van der Waals surface area contributed by atoms with Crippen LogP contribution in [0.4, 0.5) is 0 Å². The number of carbonyl (C=O) groups excluding carboxylic acids is 1. The van der Waals surface area contributed by atoms with Crippen molar-refractivity contribution in [2.45, 2.75) is 38.5 Å². The van der Waals surface area contributed by atoms with E-state index in [9.17, 15) is 4.79 Å². The number of pyridine rings is 1. The van der Waals surface area contributed by atoms with Crippen LogP contribution in [-0.4, -0.2) is 17.6 Å². The van der Waals surface area contributed by atoms with Crippen LogP contribution in [0.3, 0.4) is 0 Å². The monoisotopic (exact) mass is 549 g/mol. The first-order valence-corrected chi connectivity index (χ1v) is 14.8. The number of hydrogen-bond acceptors (Lipinski definition) is 3. The van der Waals surface area contributed by atoms with Crippen molar-refractivity contribution in [1.82, 2.24) is 4.98 Å². The number of rotatable bonds is 5. The summed E-state index contributed by atoms with van der Waals surface area (Å²) < 4.78 is 4.76. The second-order valence-corrected chi connectivity index (χ2v) is 10.8. The van der Waals surface area contributed by atoms with E-state index in [1.54, 1.807) is 31.5 Å². The molecule has 0 spiro atoms. The van der Waals surface area contributed by atoms with Crippen molar-refractivity contribution in [3.63, 3.8) is 0 Å². The highest BCUT2D eigenvalue weighted by molar-refractivity contribution is 5.89. The molecule has 0 fully saturated rings. The van der Waals surface area contributed by atoms with E-state index in [2.05, 4.69) is 108 Å². The Morgan fingerprint density at radius 3 is 2.29 bits per heavy atom. The number of aromatic nitrogens is 1. The third-order valence-electron chi connectivity index (χ3n) is 8.20. The first-order chi connectivity index (χ1) is 20.7. The van der Waals surface area contributed by atoms with Gasteiger partial charge in [0.2, 0.25) is 0 Å². The molecule has 4 aromatic carbocycles. The number of carbonyl (C=O) groups is 1. The van der Waals surface area contributed by atoms with Crippen LogP contribution in [0.15, 0.2) is 122 Å². The summed E-state index contributed by atoms with van der Waals surface area (Å²) in [4.78, 5) is 14.8. The van der Waals surface area contributed by atoms with Gasteiger partial charge in [-0.15, -0.1) is 0 Å². The highest BCUT2D eigenvalue weighted by Crippen LogP contribution is 2.33. The van der Waals surface area contributed by atoms with Gasteiger partial charge in [-0.3, -0.25) is 4.98 Å². The molecular weight excluding hydrogens is 514 g/mol. The smallest absolute Gasteiger partial charge is 0.338 e. The Kier molecular flexibility index (Phi) is 8.37. The average molecular weight is 550 g/mol. The Morgan fingerprint density at radius 2 is 1.52 bits per heavy atom. The van der Waals surface area contributed by atoms with Crippen molar-refractivity contribution in [3.05, 3.63) is 160 Å². The molecule has 7 rings (SSSR count). The fourth-order valence-electron chi connectivity index (χ4n) is 6.26. The molecule has 1 unspecified atom stereocenters. The zero-order chi connectivity index (χ0) is 28.7. The lowest BCUT2D eigenvalue weighted by Gasteiger charge is -2.26. The first-order valence-electron chi connectivity index (χ1n) is 14.8. The van der Waals surface area contributed by atoms with E-state index in [0.29, 0.717) is 18.1 Å². The summed E-state index contributed by atoms with van der Waals surface area (Å²) in [6.07, 6.45) is 10.1. The first kappa shape index (κ1) is 27.4. The molecule has 1 heterocycles. The molecule has 2 aliphatic rings. The minimum Gasteiger partial charge on any atom is -0.462 e. The van der Waals surface area contributed by atoms with Gasteiger partial charge in [-0.1, -0.05) is 103 Å². The number of hydrogen-bond donors (Lipinski definition) is 0. The predicted molar refractivity (Wildman–Crippen MR) is 171 cm³/mol. The largest absolute Gasteiger partial charge is 0.462 e. The maximum atomic E-state index is 11.0. The van der Waals surface area contributed by atoms with E-state index in [1.807, 2.05) is 0 Å². The van der Waals surface area contributed by atoms with Crippen LogP contribution in [0.2, 0.25) is 0 Å². The van der Waals surface area contributed by atoms with Gasteiger partial charge in [-0.2, -0.15) is 0 Å². The molecule has 3 heteroatoms. The van der Waals surface area contributed by atoms with Crippen molar-refractivity contribution >= 4 is 17.6 Å². The molecule has 2 aliphatic carbocycles. The highest BCUT2D eigenvalue weighted by Gasteiger charge is 2.23. The van der Waals surface area contributed by atoms with Gasteiger partial charge in [0.25, 0.3) is 0 Å². The molecule has 1 atom stereocenters. The van der Waals surface area contributed by atoms with Gasteiger partial charge in [0.1, 0.15) is 0 Å². The van der Waals surface area contributed by atoms with E-state index in [1.165, 1.54) is 55.8 Å². The number of esters is 1. The summed E-state index contributed by atoms with van der Waals surface area (Å²) in [5.74, 6) is 0.289. The molecule has 208 valence electrons. The molecule has 0 bridgehead atoms. The second-order valence-electron chi connectivity index (χ2n) is 10.8.